The molecule has 3 rings (SSSR count). The number of pyridine rings is 1. The van der Waals surface area contributed by atoms with E-state index in [0.29, 0.717) is 18.3 Å². The minimum atomic E-state index is 0.439. The third kappa shape index (κ3) is 4.23. The molecule has 0 unspecified atom stereocenters. The first-order valence-electron chi connectivity index (χ1n) is 7.06. The van der Waals surface area contributed by atoms with E-state index in [9.17, 15) is 0 Å². The molecule has 6 nitrogen and oxygen atoms in total. The molecule has 0 spiro atoms. The van der Waals surface area contributed by atoms with Gasteiger partial charge in [0.25, 0.3) is 0 Å². The Balaban J connectivity index is 1.69. The van der Waals surface area contributed by atoms with Crippen molar-refractivity contribution in [1.82, 2.24) is 20.2 Å². The Morgan fingerprint density at radius 3 is 2.74 bits per heavy atom. The fraction of sp³-hybridized carbons (Fsp3) is 0.125. The fourth-order valence-electron chi connectivity index (χ4n) is 1.98. The SMILES string of the molecule is Cc1ccc(Nc2nncc(NCc3ccncc3)n2)c(Br)c1. The first kappa shape index (κ1) is 15.4. The summed E-state index contributed by atoms with van der Waals surface area (Å²) in [7, 11) is 0. The van der Waals surface area contributed by atoms with Gasteiger partial charge in [-0.1, -0.05) is 6.07 Å². The molecule has 1 aromatic carbocycles. The van der Waals surface area contributed by atoms with Crippen LogP contribution < -0.4 is 10.6 Å². The van der Waals surface area contributed by atoms with E-state index < -0.39 is 0 Å². The Hall–Kier alpha value is -2.54. The molecule has 3 aromatic rings. The molecule has 0 radical (unpaired) electrons. The third-order valence-electron chi connectivity index (χ3n) is 3.15. The van der Waals surface area contributed by atoms with Crippen molar-refractivity contribution in [3.63, 3.8) is 0 Å². The van der Waals surface area contributed by atoms with Gasteiger partial charge in [0.05, 0.1) is 11.9 Å². The molecule has 0 amide bonds. The summed E-state index contributed by atoms with van der Waals surface area (Å²) in [6, 6.07) is 9.92. The molecule has 2 aromatic heterocycles. The number of aryl methyl sites for hydroxylation is 1. The zero-order chi connectivity index (χ0) is 16.1. The van der Waals surface area contributed by atoms with E-state index >= 15 is 0 Å². The summed E-state index contributed by atoms with van der Waals surface area (Å²) in [6.45, 7) is 2.69. The second-order valence-electron chi connectivity index (χ2n) is 4.98. The van der Waals surface area contributed by atoms with E-state index in [2.05, 4.69) is 46.7 Å². The van der Waals surface area contributed by atoms with Crippen LogP contribution in [0.25, 0.3) is 0 Å². The number of nitrogens with one attached hydrogen (secondary N) is 2. The smallest absolute Gasteiger partial charge is 0.249 e. The molecule has 0 fully saturated rings. The number of hydrogen-bond acceptors (Lipinski definition) is 6. The molecular formula is C16H15BrN6. The maximum atomic E-state index is 4.41. The van der Waals surface area contributed by atoms with Gasteiger partial charge in [0, 0.05) is 23.4 Å². The summed E-state index contributed by atoms with van der Waals surface area (Å²) in [5, 5.41) is 14.4. The van der Waals surface area contributed by atoms with Crippen molar-refractivity contribution in [1.29, 1.82) is 0 Å². The van der Waals surface area contributed by atoms with Crippen molar-refractivity contribution in [3.05, 3.63) is 64.5 Å². The van der Waals surface area contributed by atoms with Gasteiger partial charge in [0.2, 0.25) is 5.95 Å². The number of aromatic nitrogens is 4. The largest absolute Gasteiger partial charge is 0.365 e. The summed E-state index contributed by atoms with van der Waals surface area (Å²) >= 11 is 3.52. The van der Waals surface area contributed by atoms with Gasteiger partial charge in [-0.3, -0.25) is 4.98 Å². The van der Waals surface area contributed by atoms with Crippen LogP contribution in [0.1, 0.15) is 11.1 Å². The molecule has 0 saturated heterocycles. The van der Waals surface area contributed by atoms with Crippen LogP contribution >= 0.6 is 15.9 Å². The van der Waals surface area contributed by atoms with E-state index in [0.717, 1.165) is 15.7 Å². The van der Waals surface area contributed by atoms with Gasteiger partial charge in [-0.05, 0) is 58.2 Å². The third-order valence-corrected chi connectivity index (χ3v) is 3.81. The first-order valence-corrected chi connectivity index (χ1v) is 7.86. The summed E-state index contributed by atoms with van der Waals surface area (Å²) in [5.41, 5.74) is 3.19. The second kappa shape index (κ2) is 7.15. The molecular weight excluding hydrogens is 356 g/mol. The van der Waals surface area contributed by atoms with Crippen molar-refractivity contribution in [3.8, 4) is 0 Å². The van der Waals surface area contributed by atoms with Crippen LogP contribution in [0.4, 0.5) is 17.5 Å². The highest BCUT2D eigenvalue weighted by Gasteiger charge is 2.04. The molecule has 7 heteroatoms. The minimum Gasteiger partial charge on any atom is -0.365 e. The van der Waals surface area contributed by atoms with Crippen LogP contribution in [-0.2, 0) is 6.54 Å². The lowest BCUT2D eigenvalue weighted by atomic mass is 10.2. The zero-order valence-corrected chi connectivity index (χ0v) is 14.1. The zero-order valence-electron chi connectivity index (χ0n) is 12.5. The molecule has 0 aliphatic carbocycles. The lowest BCUT2D eigenvalue weighted by Gasteiger charge is -2.09. The molecule has 0 aliphatic heterocycles. The normalized spacial score (nSPS) is 10.3. The van der Waals surface area contributed by atoms with E-state index in [1.165, 1.54) is 5.56 Å². The number of benzene rings is 1. The molecule has 2 N–H and O–H groups in total. The fourth-order valence-corrected chi connectivity index (χ4v) is 2.57. The summed E-state index contributed by atoms with van der Waals surface area (Å²) in [5.74, 6) is 1.09. The predicted octanol–water partition coefficient (Wildman–Crippen LogP) is 3.69. The standard InChI is InChI=1S/C16H15BrN6/c1-11-2-3-14(13(17)8-11)21-16-22-15(10-20-23-16)19-9-12-4-6-18-7-5-12/h2-8,10H,9H2,1H3,(H2,19,21,22,23). The molecule has 2 heterocycles. The van der Waals surface area contributed by atoms with Gasteiger partial charge in [-0.15, -0.1) is 5.10 Å². The first-order chi connectivity index (χ1) is 11.2. The highest BCUT2D eigenvalue weighted by Crippen LogP contribution is 2.25. The van der Waals surface area contributed by atoms with Gasteiger partial charge < -0.3 is 10.6 Å². The van der Waals surface area contributed by atoms with Crippen LogP contribution in [0.5, 0.6) is 0 Å². The highest BCUT2D eigenvalue weighted by atomic mass is 79.9. The van der Waals surface area contributed by atoms with E-state index in [4.69, 9.17) is 0 Å². The van der Waals surface area contributed by atoms with Crippen LogP contribution in [-0.4, -0.2) is 20.2 Å². The van der Waals surface area contributed by atoms with Crippen molar-refractivity contribution < 1.29 is 0 Å². The maximum absolute atomic E-state index is 4.41. The van der Waals surface area contributed by atoms with E-state index in [-0.39, 0.29) is 0 Å². The average Bonchev–Trinajstić information content (AvgIpc) is 2.57. The number of rotatable bonds is 5. The number of anilines is 3. The Bertz CT molecular complexity index is 794. The van der Waals surface area contributed by atoms with Gasteiger partial charge in [-0.25, -0.2) is 0 Å². The van der Waals surface area contributed by atoms with Crippen molar-refractivity contribution in [2.75, 3.05) is 10.6 Å². The number of halogens is 1. The second-order valence-corrected chi connectivity index (χ2v) is 5.84. The van der Waals surface area contributed by atoms with Crippen molar-refractivity contribution in [2.45, 2.75) is 13.5 Å². The minimum absolute atomic E-state index is 0.439. The summed E-state index contributed by atoms with van der Waals surface area (Å²) < 4.78 is 0.955. The topological polar surface area (TPSA) is 75.6 Å². The molecule has 0 atom stereocenters. The lowest BCUT2D eigenvalue weighted by molar-refractivity contribution is 0.965. The molecule has 116 valence electrons. The molecule has 23 heavy (non-hydrogen) atoms. The monoisotopic (exact) mass is 370 g/mol. The summed E-state index contributed by atoms with van der Waals surface area (Å²) in [6.07, 6.45) is 5.12. The quantitative estimate of drug-likeness (QED) is 0.713. The predicted molar refractivity (Wildman–Crippen MR) is 93.6 cm³/mol. The highest BCUT2D eigenvalue weighted by molar-refractivity contribution is 9.10. The lowest BCUT2D eigenvalue weighted by Crippen LogP contribution is -2.06. The van der Waals surface area contributed by atoms with Gasteiger partial charge in [0.1, 0.15) is 0 Å². The Kier molecular flexibility index (Phi) is 4.77. The molecule has 0 bridgehead atoms. The van der Waals surface area contributed by atoms with Crippen molar-refractivity contribution in [2.24, 2.45) is 0 Å². The number of nitrogens with zero attached hydrogens (tertiary/aromatic N) is 4. The van der Waals surface area contributed by atoms with Gasteiger partial charge in [0.15, 0.2) is 5.82 Å². The van der Waals surface area contributed by atoms with Crippen LogP contribution in [0.15, 0.2) is 53.4 Å². The average molecular weight is 371 g/mol. The number of hydrogen-bond donors (Lipinski definition) is 2. The van der Waals surface area contributed by atoms with E-state index in [1.807, 2.05) is 37.3 Å². The Morgan fingerprint density at radius 1 is 1.13 bits per heavy atom. The molecule has 0 aliphatic rings. The van der Waals surface area contributed by atoms with Gasteiger partial charge in [-0.2, -0.15) is 10.1 Å². The Labute approximate surface area is 142 Å². The van der Waals surface area contributed by atoms with E-state index in [1.54, 1.807) is 18.6 Å². The Morgan fingerprint density at radius 2 is 1.96 bits per heavy atom. The van der Waals surface area contributed by atoms with Crippen LogP contribution in [0.3, 0.4) is 0 Å². The van der Waals surface area contributed by atoms with Crippen LogP contribution in [0.2, 0.25) is 0 Å². The van der Waals surface area contributed by atoms with Gasteiger partial charge >= 0.3 is 0 Å². The molecule has 0 saturated carbocycles. The van der Waals surface area contributed by atoms with Crippen LogP contribution in [0, 0.1) is 6.92 Å². The maximum Gasteiger partial charge on any atom is 0.249 e. The van der Waals surface area contributed by atoms with Crippen molar-refractivity contribution >= 4 is 33.4 Å². The summed E-state index contributed by atoms with van der Waals surface area (Å²) in [4.78, 5) is 8.41.